The molecule has 2 heterocycles. The molecule has 0 aliphatic rings. The third-order valence-electron chi connectivity index (χ3n) is 6.68. The second kappa shape index (κ2) is 9.96. The van der Waals surface area contributed by atoms with E-state index < -0.39 is 23.3 Å². The van der Waals surface area contributed by atoms with E-state index >= 15 is 0 Å². The Bertz CT molecular complexity index is 1880. The van der Waals surface area contributed by atoms with Gasteiger partial charge in [-0.1, -0.05) is 30.3 Å². The summed E-state index contributed by atoms with van der Waals surface area (Å²) in [5, 5.41) is 14.1. The molecule has 5 rings (SSSR count). The molecular weight excluding hydrogens is 521 g/mol. The van der Waals surface area contributed by atoms with Crippen molar-refractivity contribution in [2.45, 2.75) is 26.9 Å². The van der Waals surface area contributed by atoms with Gasteiger partial charge in [-0.15, -0.1) is 0 Å². The quantitative estimate of drug-likeness (QED) is 0.260. The van der Waals surface area contributed by atoms with Gasteiger partial charge in [0, 0.05) is 28.2 Å². The Hall–Kier alpha value is -4.99. The van der Waals surface area contributed by atoms with E-state index in [-0.39, 0.29) is 22.3 Å². The highest BCUT2D eigenvalue weighted by atomic mass is 19.4. The minimum absolute atomic E-state index is 0.0372. The Kier molecular flexibility index (Phi) is 6.62. The molecule has 0 fully saturated rings. The highest BCUT2D eigenvalue weighted by molar-refractivity contribution is 5.89. The van der Waals surface area contributed by atoms with E-state index in [2.05, 4.69) is 10.1 Å². The molecule has 7 nitrogen and oxygen atoms in total. The van der Waals surface area contributed by atoms with Crippen LogP contribution in [0.5, 0.6) is 0 Å². The lowest BCUT2D eigenvalue weighted by Gasteiger charge is -2.14. The fourth-order valence-corrected chi connectivity index (χ4v) is 4.64. The number of carboxylic acid groups (broad SMARTS) is 1. The fourth-order valence-electron chi connectivity index (χ4n) is 4.64. The van der Waals surface area contributed by atoms with E-state index in [1.165, 1.54) is 24.4 Å². The molecule has 0 amide bonds. The van der Waals surface area contributed by atoms with Crippen LogP contribution in [0.4, 0.5) is 13.2 Å². The highest BCUT2D eigenvalue weighted by Crippen LogP contribution is 2.32. The van der Waals surface area contributed by atoms with E-state index in [4.69, 9.17) is 0 Å². The number of aromatic carboxylic acids is 1. The zero-order valence-electron chi connectivity index (χ0n) is 21.7. The number of benzene rings is 3. The van der Waals surface area contributed by atoms with Gasteiger partial charge < -0.3 is 9.67 Å². The molecule has 0 saturated carbocycles. The lowest BCUT2D eigenvalue weighted by Crippen LogP contribution is -2.20. The Balaban J connectivity index is 1.67. The van der Waals surface area contributed by atoms with Gasteiger partial charge >= 0.3 is 12.1 Å². The summed E-state index contributed by atoms with van der Waals surface area (Å²) in [7, 11) is 0. The van der Waals surface area contributed by atoms with Crippen molar-refractivity contribution in [1.82, 2.24) is 14.2 Å². The summed E-state index contributed by atoms with van der Waals surface area (Å²) in [6.07, 6.45) is -3.13. The monoisotopic (exact) mass is 544 g/mol. The first-order valence-corrected chi connectivity index (χ1v) is 12.2. The van der Waals surface area contributed by atoms with Gasteiger partial charge in [0.1, 0.15) is 0 Å². The van der Waals surface area contributed by atoms with Crippen LogP contribution in [0.25, 0.3) is 28.0 Å². The van der Waals surface area contributed by atoms with Crippen molar-refractivity contribution in [2.75, 3.05) is 0 Å². The van der Waals surface area contributed by atoms with E-state index in [0.29, 0.717) is 16.8 Å². The van der Waals surface area contributed by atoms with Crippen LogP contribution in [0.1, 0.15) is 38.4 Å². The van der Waals surface area contributed by atoms with E-state index in [1.54, 1.807) is 36.4 Å². The van der Waals surface area contributed by atoms with Crippen LogP contribution in [0, 0.1) is 20.8 Å². The lowest BCUT2D eigenvalue weighted by molar-refractivity contribution is -0.137. The topological polar surface area (TPSA) is 89.5 Å². The maximum absolute atomic E-state index is 13.5. The van der Waals surface area contributed by atoms with Gasteiger partial charge in [0.2, 0.25) is 0 Å². The number of aryl methyl sites for hydroxylation is 2. The summed E-state index contributed by atoms with van der Waals surface area (Å²) < 4.78 is 43.3. The molecule has 0 saturated heterocycles. The van der Waals surface area contributed by atoms with Crippen molar-refractivity contribution < 1.29 is 23.1 Å². The number of hydrogen-bond donors (Lipinski definition) is 1. The summed E-state index contributed by atoms with van der Waals surface area (Å²) in [5.41, 5.74) is 2.86. The third-order valence-corrected chi connectivity index (χ3v) is 6.68. The third kappa shape index (κ3) is 4.79. The molecule has 0 unspecified atom stereocenters. The summed E-state index contributed by atoms with van der Waals surface area (Å²) in [5.74, 6) is -1.08. The van der Waals surface area contributed by atoms with E-state index in [0.717, 1.165) is 33.8 Å². The fraction of sp³-hybridized carbons (Fsp3) is 0.133. The van der Waals surface area contributed by atoms with Crippen LogP contribution < -0.4 is 5.56 Å². The number of hydrogen-bond acceptors (Lipinski definition) is 4. The Labute approximate surface area is 226 Å². The predicted molar refractivity (Wildman–Crippen MR) is 146 cm³/mol. The molecule has 0 bridgehead atoms. The number of para-hydroxylation sites is 1. The van der Waals surface area contributed by atoms with Gasteiger partial charge in [-0.2, -0.15) is 22.9 Å². The molecule has 40 heavy (non-hydrogen) atoms. The Morgan fingerprint density at radius 2 is 1.73 bits per heavy atom. The van der Waals surface area contributed by atoms with Gasteiger partial charge in [-0.05, 0) is 68.8 Å². The summed E-state index contributed by atoms with van der Waals surface area (Å²) in [4.78, 5) is 29.5. The molecule has 10 heteroatoms. The second-order valence-electron chi connectivity index (χ2n) is 9.36. The van der Waals surface area contributed by atoms with E-state index in [9.17, 15) is 27.9 Å². The van der Waals surface area contributed by atoms with Crippen molar-refractivity contribution in [1.29, 1.82) is 0 Å². The molecule has 0 aliphatic heterocycles. The van der Waals surface area contributed by atoms with Crippen molar-refractivity contribution >= 4 is 23.1 Å². The predicted octanol–water partition coefficient (Wildman–Crippen LogP) is 6.38. The zero-order chi connectivity index (χ0) is 28.8. The number of alkyl halides is 3. The minimum atomic E-state index is -4.57. The van der Waals surface area contributed by atoms with Crippen LogP contribution in [-0.4, -0.2) is 31.5 Å². The molecule has 0 radical (unpaired) electrons. The average Bonchev–Trinajstić information content (AvgIpc) is 3.20. The van der Waals surface area contributed by atoms with Crippen LogP contribution in [0.3, 0.4) is 0 Å². The first-order chi connectivity index (χ1) is 19.0. The molecule has 0 aliphatic carbocycles. The molecule has 5 aromatic rings. The van der Waals surface area contributed by atoms with Gasteiger partial charge in [0.25, 0.3) is 5.56 Å². The normalized spacial score (nSPS) is 11.9. The summed E-state index contributed by atoms with van der Waals surface area (Å²) >= 11 is 0. The first kappa shape index (κ1) is 26.6. The van der Waals surface area contributed by atoms with E-state index in [1.807, 2.05) is 31.4 Å². The second-order valence-corrected chi connectivity index (χ2v) is 9.36. The SMILES string of the molecule is Cc1ccc(C(=O)O)cc1-n1c(C)cc(C=Nn2c(-c3cccc(C(F)(F)F)c3)nc3ccccc3c2=O)c1C. The number of fused-ring (bicyclic) bond motifs is 1. The first-order valence-electron chi connectivity index (χ1n) is 12.2. The lowest BCUT2D eigenvalue weighted by atomic mass is 10.1. The molecule has 202 valence electrons. The number of rotatable bonds is 5. The number of aromatic nitrogens is 3. The van der Waals surface area contributed by atoms with Crippen LogP contribution in [0.2, 0.25) is 0 Å². The minimum Gasteiger partial charge on any atom is -0.478 e. The zero-order valence-corrected chi connectivity index (χ0v) is 21.7. The number of carbonyl (C=O) groups is 1. The van der Waals surface area contributed by atoms with Crippen LogP contribution in [0.15, 0.2) is 82.7 Å². The summed E-state index contributed by atoms with van der Waals surface area (Å²) in [6.45, 7) is 5.56. The van der Waals surface area contributed by atoms with Crippen molar-refractivity contribution in [3.63, 3.8) is 0 Å². The number of carboxylic acids is 1. The maximum Gasteiger partial charge on any atom is 0.416 e. The molecule has 3 aromatic carbocycles. The molecule has 2 aromatic heterocycles. The van der Waals surface area contributed by atoms with Crippen molar-refractivity contribution in [2.24, 2.45) is 5.10 Å². The summed E-state index contributed by atoms with van der Waals surface area (Å²) in [6, 6.07) is 17.8. The Morgan fingerprint density at radius 3 is 2.45 bits per heavy atom. The Morgan fingerprint density at radius 1 is 0.975 bits per heavy atom. The largest absolute Gasteiger partial charge is 0.478 e. The number of halogens is 3. The van der Waals surface area contributed by atoms with Crippen molar-refractivity contribution in [3.8, 4) is 17.1 Å². The van der Waals surface area contributed by atoms with Crippen LogP contribution >= 0.6 is 0 Å². The molecular formula is C30H23F3N4O3. The number of nitrogens with zero attached hydrogens (tertiary/aromatic N) is 4. The van der Waals surface area contributed by atoms with Crippen LogP contribution in [-0.2, 0) is 6.18 Å². The molecule has 0 atom stereocenters. The molecule has 0 spiro atoms. The van der Waals surface area contributed by atoms with Gasteiger partial charge in [0.15, 0.2) is 5.82 Å². The van der Waals surface area contributed by atoms with Gasteiger partial charge in [0.05, 0.1) is 28.2 Å². The standard InChI is InChI=1S/C30H23F3N4O3/c1-17-11-12-21(29(39)40)15-26(17)36-18(2)13-22(19(36)3)16-34-37-27(20-7-6-8-23(14-20)30(31,32)33)35-25-10-5-4-9-24(25)28(37)38/h4-16H,1-3H3,(H,39,40). The maximum atomic E-state index is 13.5. The average molecular weight is 545 g/mol. The highest BCUT2D eigenvalue weighted by Gasteiger charge is 2.31. The smallest absolute Gasteiger partial charge is 0.416 e. The molecule has 1 N–H and O–H groups in total. The van der Waals surface area contributed by atoms with Gasteiger partial charge in [-0.3, -0.25) is 4.79 Å². The van der Waals surface area contributed by atoms with Gasteiger partial charge in [-0.25, -0.2) is 9.78 Å². The van der Waals surface area contributed by atoms with Crippen molar-refractivity contribution in [3.05, 3.63) is 117 Å².